The van der Waals surface area contributed by atoms with Gasteiger partial charge in [-0.3, -0.25) is 13.9 Å². The lowest BCUT2D eigenvalue weighted by atomic mass is 10.0. The second kappa shape index (κ2) is 12.9. The minimum absolute atomic E-state index is 0.169. The molecule has 0 saturated carbocycles. The summed E-state index contributed by atoms with van der Waals surface area (Å²) in [6, 6.07) is 19.3. The van der Waals surface area contributed by atoms with E-state index in [2.05, 4.69) is 5.32 Å². The van der Waals surface area contributed by atoms with Gasteiger partial charge in [0.2, 0.25) is 21.8 Å². The molecule has 1 atom stereocenters. The summed E-state index contributed by atoms with van der Waals surface area (Å²) in [5.41, 5.74) is 2.99. The highest BCUT2D eigenvalue weighted by Gasteiger charge is 2.34. The summed E-state index contributed by atoms with van der Waals surface area (Å²) < 4.78 is 41.7. The van der Waals surface area contributed by atoms with Gasteiger partial charge in [0.05, 0.1) is 11.9 Å². The number of carbonyl (C=O) groups excluding carboxylic acids is 2. The number of carbonyl (C=O) groups is 2. The van der Waals surface area contributed by atoms with Crippen LogP contribution in [0.15, 0.2) is 72.8 Å². The van der Waals surface area contributed by atoms with Gasteiger partial charge in [-0.2, -0.15) is 0 Å². The van der Waals surface area contributed by atoms with E-state index in [0.29, 0.717) is 5.69 Å². The maximum Gasteiger partial charge on any atom is 0.244 e. The molecule has 0 spiro atoms. The first kappa shape index (κ1) is 29.8. The van der Waals surface area contributed by atoms with Crippen LogP contribution in [0, 0.1) is 19.7 Å². The SMILES string of the molecule is Cc1cccc(N(CC(=O)N(Cc2ccccc2F)[C@H](Cc2ccccc2)C(=O)NC(C)C)S(C)(=O)=O)c1C. The van der Waals surface area contributed by atoms with Crippen LogP contribution in [0.3, 0.4) is 0 Å². The molecule has 208 valence electrons. The Morgan fingerprint density at radius 1 is 0.923 bits per heavy atom. The second-order valence-corrected chi connectivity index (χ2v) is 11.9. The molecule has 0 bridgehead atoms. The summed E-state index contributed by atoms with van der Waals surface area (Å²) in [6.45, 7) is 6.52. The van der Waals surface area contributed by atoms with E-state index in [1.54, 1.807) is 37.3 Å². The van der Waals surface area contributed by atoms with E-state index in [9.17, 15) is 22.4 Å². The van der Waals surface area contributed by atoms with Crippen LogP contribution >= 0.6 is 0 Å². The van der Waals surface area contributed by atoms with Crippen molar-refractivity contribution in [2.45, 2.75) is 52.7 Å². The standard InChI is InChI=1S/C30H36FN3O4S/c1-21(2)32-30(36)28(18-24-13-7-6-8-14-24)33(19-25-15-9-10-16-26(25)31)29(35)20-34(39(5,37)38)27-17-11-12-22(3)23(27)4/h6-17,21,28H,18-20H2,1-5H3,(H,32,36)/t28-/m1/s1. The molecule has 7 nitrogen and oxygen atoms in total. The smallest absolute Gasteiger partial charge is 0.244 e. The molecule has 3 aromatic carbocycles. The Morgan fingerprint density at radius 3 is 2.18 bits per heavy atom. The number of sulfonamides is 1. The Labute approximate surface area is 230 Å². The van der Waals surface area contributed by atoms with Crippen LogP contribution < -0.4 is 9.62 Å². The molecular formula is C30H36FN3O4S. The van der Waals surface area contributed by atoms with Crippen LogP contribution in [0.25, 0.3) is 0 Å². The number of rotatable bonds is 11. The van der Waals surface area contributed by atoms with E-state index in [1.807, 2.05) is 57.2 Å². The van der Waals surface area contributed by atoms with E-state index >= 15 is 0 Å². The van der Waals surface area contributed by atoms with Crippen LogP contribution in [0.1, 0.15) is 36.1 Å². The Balaban J connectivity index is 2.09. The Hall–Kier alpha value is -3.72. The zero-order valence-corrected chi connectivity index (χ0v) is 23.8. The van der Waals surface area contributed by atoms with Crippen molar-refractivity contribution in [2.24, 2.45) is 0 Å². The monoisotopic (exact) mass is 553 g/mol. The molecule has 0 aliphatic heterocycles. The summed E-state index contributed by atoms with van der Waals surface area (Å²) in [4.78, 5) is 28.8. The third-order valence-electron chi connectivity index (χ3n) is 6.52. The van der Waals surface area contributed by atoms with Gasteiger partial charge in [-0.05, 0) is 56.5 Å². The van der Waals surface area contributed by atoms with Gasteiger partial charge in [0.1, 0.15) is 18.4 Å². The lowest BCUT2D eigenvalue weighted by Gasteiger charge is -2.34. The summed E-state index contributed by atoms with van der Waals surface area (Å²) >= 11 is 0. The molecule has 0 fully saturated rings. The van der Waals surface area contributed by atoms with Crippen molar-refractivity contribution in [1.29, 1.82) is 0 Å². The van der Waals surface area contributed by atoms with Crippen LogP contribution in [0.2, 0.25) is 0 Å². The summed E-state index contributed by atoms with van der Waals surface area (Å²) in [5, 5.41) is 2.87. The summed E-state index contributed by atoms with van der Waals surface area (Å²) in [7, 11) is -3.88. The third-order valence-corrected chi connectivity index (χ3v) is 7.65. The lowest BCUT2D eigenvalue weighted by Crippen LogP contribution is -2.54. The molecule has 1 N–H and O–H groups in total. The van der Waals surface area contributed by atoms with Gasteiger partial charge in [-0.25, -0.2) is 12.8 Å². The van der Waals surface area contributed by atoms with Crippen LogP contribution in [-0.2, 0) is 32.6 Å². The van der Waals surface area contributed by atoms with Gasteiger partial charge < -0.3 is 10.2 Å². The summed E-state index contributed by atoms with van der Waals surface area (Å²) in [5.74, 6) is -1.55. The van der Waals surface area contributed by atoms with Crippen LogP contribution in [0.4, 0.5) is 10.1 Å². The van der Waals surface area contributed by atoms with Gasteiger partial charge >= 0.3 is 0 Å². The molecule has 0 radical (unpaired) electrons. The molecule has 0 heterocycles. The zero-order chi connectivity index (χ0) is 28.7. The maximum atomic E-state index is 14.8. The fourth-order valence-electron chi connectivity index (χ4n) is 4.35. The first-order chi connectivity index (χ1) is 18.4. The highest BCUT2D eigenvalue weighted by atomic mass is 32.2. The van der Waals surface area contributed by atoms with Crippen molar-refractivity contribution in [2.75, 3.05) is 17.1 Å². The van der Waals surface area contributed by atoms with Gasteiger partial charge in [-0.15, -0.1) is 0 Å². The van der Waals surface area contributed by atoms with Gasteiger partial charge in [0, 0.05) is 24.6 Å². The molecular weight excluding hydrogens is 517 g/mol. The number of hydrogen-bond acceptors (Lipinski definition) is 4. The van der Waals surface area contributed by atoms with Crippen molar-refractivity contribution >= 4 is 27.5 Å². The largest absolute Gasteiger partial charge is 0.352 e. The second-order valence-electron chi connectivity index (χ2n) is 9.97. The average Bonchev–Trinajstić information content (AvgIpc) is 2.87. The minimum atomic E-state index is -3.88. The molecule has 2 amide bonds. The Kier molecular flexibility index (Phi) is 9.86. The van der Waals surface area contributed by atoms with Crippen LogP contribution in [-0.4, -0.2) is 50.0 Å². The molecule has 0 aliphatic rings. The molecule has 0 aromatic heterocycles. The van der Waals surface area contributed by atoms with Crippen molar-refractivity contribution in [3.8, 4) is 0 Å². The predicted octanol–water partition coefficient (Wildman–Crippen LogP) is 4.37. The average molecular weight is 554 g/mol. The number of anilines is 1. The predicted molar refractivity (Wildman–Crippen MR) is 152 cm³/mol. The van der Waals surface area contributed by atoms with E-state index < -0.39 is 40.2 Å². The number of benzene rings is 3. The number of amides is 2. The molecule has 3 aromatic rings. The quantitative estimate of drug-likeness (QED) is 0.382. The minimum Gasteiger partial charge on any atom is -0.352 e. The highest BCUT2D eigenvalue weighted by molar-refractivity contribution is 7.92. The molecule has 3 rings (SSSR count). The van der Waals surface area contributed by atoms with E-state index in [1.165, 1.54) is 11.0 Å². The van der Waals surface area contributed by atoms with Crippen LogP contribution in [0.5, 0.6) is 0 Å². The lowest BCUT2D eigenvalue weighted by molar-refractivity contribution is -0.140. The number of hydrogen-bond donors (Lipinski definition) is 1. The van der Waals surface area contributed by atoms with E-state index in [-0.39, 0.29) is 24.6 Å². The van der Waals surface area contributed by atoms with Crippen molar-refractivity contribution in [3.63, 3.8) is 0 Å². The van der Waals surface area contributed by atoms with Gasteiger partial charge in [-0.1, -0.05) is 60.7 Å². The normalized spacial score (nSPS) is 12.2. The maximum absolute atomic E-state index is 14.8. The number of nitrogens with zero attached hydrogens (tertiary/aromatic N) is 2. The molecule has 0 unspecified atom stereocenters. The number of aryl methyl sites for hydroxylation is 1. The Morgan fingerprint density at radius 2 is 1.56 bits per heavy atom. The fraction of sp³-hybridized carbons (Fsp3) is 0.333. The van der Waals surface area contributed by atoms with Crippen molar-refractivity contribution < 1.29 is 22.4 Å². The fourth-order valence-corrected chi connectivity index (χ4v) is 5.25. The zero-order valence-electron chi connectivity index (χ0n) is 23.0. The number of halogens is 1. The number of nitrogens with one attached hydrogen (secondary N) is 1. The molecule has 0 aliphatic carbocycles. The third kappa shape index (κ3) is 7.89. The Bertz CT molecular complexity index is 1410. The highest BCUT2D eigenvalue weighted by Crippen LogP contribution is 2.26. The topological polar surface area (TPSA) is 86.8 Å². The van der Waals surface area contributed by atoms with Crippen molar-refractivity contribution in [1.82, 2.24) is 10.2 Å². The van der Waals surface area contributed by atoms with Gasteiger partial charge in [0.15, 0.2) is 0 Å². The first-order valence-corrected chi connectivity index (χ1v) is 14.6. The van der Waals surface area contributed by atoms with E-state index in [4.69, 9.17) is 0 Å². The van der Waals surface area contributed by atoms with Gasteiger partial charge in [0.25, 0.3) is 0 Å². The van der Waals surface area contributed by atoms with Crippen molar-refractivity contribution in [3.05, 3.63) is 101 Å². The summed E-state index contributed by atoms with van der Waals surface area (Å²) in [6.07, 6.45) is 1.21. The first-order valence-electron chi connectivity index (χ1n) is 12.8. The molecule has 9 heteroatoms. The van der Waals surface area contributed by atoms with E-state index in [0.717, 1.165) is 27.3 Å². The molecule has 0 saturated heterocycles. The molecule has 39 heavy (non-hydrogen) atoms.